The quantitative estimate of drug-likeness (QED) is 0.588. The van der Waals surface area contributed by atoms with Crippen LogP contribution < -0.4 is 15.5 Å². The number of carbonyl (C=O) groups is 2. The third-order valence-corrected chi connectivity index (χ3v) is 5.99. The van der Waals surface area contributed by atoms with Gasteiger partial charge in [-0.1, -0.05) is 12.1 Å². The summed E-state index contributed by atoms with van der Waals surface area (Å²) in [5.41, 5.74) is 2.74. The molecule has 9 nitrogen and oxygen atoms in total. The highest BCUT2D eigenvalue weighted by atomic mass is 19.4. The van der Waals surface area contributed by atoms with E-state index in [0.717, 1.165) is 11.1 Å². The molecule has 34 heavy (non-hydrogen) atoms. The van der Waals surface area contributed by atoms with Crippen LogP contribution >= 0.6 is 0 Å². The lowest BCUT2D eigenvalue weighted by Gasteiger charge is -2.32. The number of hydrogen-bond donors (Lipinski definition) is 2. The molecule has 0 aliphatic carbocycles. The van der Waals surface area contributed by atoms with Crippen LogP contribution in [0.15, 0.2) is 30.3 Å². The number of nitrogens with zero attached hydrogens (tertiary/aromatic N) is 5. The summed E-state index contributed by atoms with van der Waals surface area (Å²) < 4.78 is 40.0. The van der Waals surface area contributed by atoms with Gasteiger partial charge in [-0.05, 0) is 56.0 Å². The van der Waals surface area contributed by atoms with Crippen molar-refractivity contribution in [1.82, 2.24) is 25.1 Å². The summed E-state index contributed by atoms with van der Waals surface area (Å²) in [6.07, 6.45) is -3.70. The average molecular weight is 475 g/mol. The number of rotatable bonds is 5. The molecule has 4 rings (SSSR count). The zero-order valence-electron chi connectivity index (χ0n) is 18.7. The zero-order valence-corrected chi connectivity index (χ0v) is 18.7. The van der Waals surface area contributed by atoms with Gasteiger partial charge in [-0.25, -0.2) is 0 Å². The summed E-state index contributed by atoms with van der Waals surface area (Å²) in [7, 11) is 0. The Morgan fingerprint density at radius 1 is 1.09 bits per heavy atom. The Labute approximate surface area is 193 Å². The number of benzene rings is 1. The molecular weight excluding hydrogens is 451 g/mol. The topological polar surface area (TPSA) is 105 Å². The number of halogens is 3. The number of anilines is 2. The predicted octanol–water partition coefficient (Wildman–Crippen LogP) is 2.73. The van der Waals surface area contributed by atoms with Gasteiger partial charge in [-0.2, -0.15) is 17.7 Å². The van der Waals surface area contributed by atoms with E-state index in [1.165, 1.54) is 6.07 Å². The van der Waals surface area contributed by atoms with E-state index >= 15 is 0 Å². The van der Waals surface area contributed by atoms with Gasteiger partial charge >= 0.3 is 6.18 Å². The normalized spacial score (nSPS) is 14.9. The molecule has 0 radical (unpaired) electrons. The zero-order chi connectivity index (χ0) is 24.5. The molecule has 1 fully saturated rings. The number of nitrogens with one attached hydrogen (secondary N) is 2. The SMILES string of the molecule is Cc1cccc(NC(=O)CNC(=O)C2CCN(c3ccc4nnc(C(F)(F)F)n4n3)CC2)c1C. The van der Waals surface area contributed by atoms with Gasteiger partial charge in [0, 0.05) is 24.7 Å². The van der Waals surface area contributed by atoms with Crippen molar-refractivity contribution < 1.29 is 22.8 Å². The lowest BCUT2D eigenvalue weighted by molar-refractivity contribution is -0.146. The lowest BCUT2D eigenvalue weighted by Crippen LogP contribution is -2.43. The molecule has 0 atom stereocenters. The Kier molecular flexibility index (Phi) is 6.40. The van der Waals surface area contributed by atoms with Crippen molar-refractivity contribution in [3.8, 4) is 0 Å². The molecule has 1 aliphatic rings. The van der Waals surface area contributed by atoms with Crippen LogP contribution in [0.2, 0.25) is 0 Å². The molecule has 2 N–H and O–H groups in total. The van der Waals surface area contributed by atoms with E-state index in [9.17, 15) is 22.8 Å². The van der Waals surface area contributed by atoms with Gasteiger partial charge < -0.3 is 15.5 Å². The number of hydrogen-bond acceptors (Lipinski definition) is 6. The Balaban J connectivity index is 1.31. The van der Waals surface area contributed by atoms with Crippen LogP contribution in [0.25, 0.3) is 5.65 Å². The highest BCUT2D eigenvalue weighted by Crippen LogP contribution is 2.28. The number of alkyl halides is 3. The smallest absolute Gasteiger partial charge is 0.355 e. The van der Waals surface area contributed by atoms with Gasteiger partial charge in [-0.3, -0.25) is 9.59 Å². The van der Waals surface area contributed by atoms with Crippen LogP contribution in [0, 0.1) is 19.8 Å². The number of fused-ring (bicyclic) bond motifs is 1. The lowest BCUT2D eigenvalue weighted by atomic mass is 9.96. The number of aryl methyl sites for hydroxylation is 1. The maximum Gasteiger partial charge on any atom is 0.453 e. The van der Waals surface area contributed by atoms with Crippen molar-refractivity contribution >= 4 is 29.0 Å². The summed E-state index contributed by atoms with van der Waals surface area (Å²) in [6.45, 7) is 4.60. The molecule has 2 aromatic heterocycles. The van der Waals surface area contributed by atoms with E-state index < -0.39 is 12.0 Å². The first kappa shape index (κ1) is 23.5. The van der Waals surface area contributed by atoms with Crippen molar-refractivity contribution in [3.05, 3.63) is 47.3 Å². The van der Waals surface area contributed by atoms with E-state index in [2.05, 4.69) is 25.9 Å². The molecule has 3 heterocycles. The fourth-order valence-corrected chi connectivity index (χ4v) is 3.89. The maximum absolute atomic E-state index is 13.1. The van der Waals surface area contributed by atoms with Gasteiger partial charge in [0.05, 0.1) is 6.54 Å². The first-order valence-corrected chi connectivity index (χ1v) is 10.8. The number of aromatic nitrogens is 4. The fourth-order valence-electron chi connectivity index (χ4n) is 3.89. The van der Waals surface area contributed by atoms with Gasteiger partial charge in [0.15, 0.2) is 5.65 Å². The second-order valence-corrected chi connectivity index (χ2v) is 8.26. The monoisotopic (exact) mass is 475 g/mol. The van der Waals surface area contributed by atoms with Crippen LogP contribution in [-0.4, -0.2) is 51.3 Å². The minimum atomic E-state index is -4.67. The fraction of sp³-hybridized carbons (Fsp3) is 0.409. The first-order chi connectivity index (χ1) is 16.1. The molecule has 0 spiro atoms. The summed E-state index contributed by atoms with van der Waals surface area (Å²) in [5, 5.41) is 16.2. The summed E-state index contributed by atoms with van der Waals surface area (Å²) in [4.78, 5) is 26.6. The second-order valence-electron chi connectivity index (χ2n) is 8.26. The van der Waals surface area contributed by atoms with E-state index in [1.807, 2.05) is 30.9 Å². The molecule has 1 aromatic carbocycles. The van der Waals surface area contributed by atoms with Crippen LogP contribution in [0.1, 0.15) is 29.8 Å². The van der Waals surface area contributed by atoms with E-state index in [0.29, 0.717) is 42.0 Å². The molecule has 0 bridgehead atoms. The van der Waals surface area contributed by atoms with Gasteiger partial charge in [0.25, 0.3) is 5.82 Å². The highest BCUT2D eigenvalue weighted by molar-refractivity contribution is 5.95. The van der Waals surface area contributed by atoms with Gasteiger partial charge in [0.2, 0.25) is 11.8 Å². The van der Waals surface area contributed by atoms with Crippen LogP contribution in [0.5, 0.6) is 0 Å². The third-order valence-electron chi connectivity index (χ3n) is 5.99. The Hall–Kier alpha value is -3.70. The van der Waals surface area contributed by atoms with Crippen LogP contribution in [-0.2, 0) is 15.8 Å². The predicted molar refractivity (Wildman–Crippen MR) is 118 cm³/mol. The minimum absolute atomic E-state index is 0.00414. The van der Waals surface area contributed by atoms with Gasteiger partial charge in [0.1, 0.15) is 5.82 Å². The molecule has 1 aliphatic heterocycles. The van der Waals surface area contributed by atoms with Crippen molar-refractivity contribution in [2.75, 3.05) is 29.9 Å². The first-order valence-electron chi connectivity index (χ1n) is 10.8. The van der Waals surface area contributed by atoms with Crippen molar-refractivity contribution in [2.45, 2.75) is 32.9 Å². The summed E-state index contributed by atoms with van der Waals surface area (Å²) in [5.74, 6) is -1.67. The summed E-state index contributed by atoms with van der Waals surface area (Å²) >= 11 is 0. The molecule has 1 saturated heterocycles. The molecule has 2 amide bonds. The second kappa shape index (κ2) is 9.27. The van der Waals surface area contributed by atoms with Crippen LogP contribution in [0.4, 0.5) is 24.7 Å². The molecule has 0 saturated carbocycles. The van der Waals surface area contributed by atoms with E-state index in [1.54, 1.807) is 12.1 Å². The largest absolute Gasteiger partial charge is 0.453 e. The number of amides is 2. The van der Waals surface area contributed by atoms with E-state index in [-0.39, 0.29) is 29.9 Å². The van der Waals surface area contributed by atoms with E-state index in [4.69, 9.17) is 0 Å². The minimum Gasteiger partial charge on any atom is -0.355 e. The van der Waals surface area contributed by atoms with Crippen LogP contribution in [0.3, 0.4) is 0 Å². The number of piperidine rings is 1. The Morgan fingerprint density at radius 2 is 1.82 bits per heavy atom. The third kappa shape index (κ3) is 4.95. The average Bonchev–Trinajstić information content (AvgIpc) is 3.24. The maximum atomic E-state index is 13.1. The Bertz CT molecular complexity index is 1220. The molecular formula is C22H24F3N7O2. The molecule has 12 heteroatoms. The van der Waals surface area contributed by atoms with Crippen molar-refractivity contribution in [2.24, 2.45) is 5.92 Å². The van der Waals surface area contributed by atoms with Gasteiger partial charge in [-0.15, -0.1) is 15.3 Å². The highest BCUT2D eigenvalue weighted by Gasteiger charge is 2.38. The number of carbonyl (C=O) groups excluding carboxylic acids is 2. The Morgan fingerprint density at radius 3 is 2.53 bits per heavy atom. The standard InChI is InChI=1S/C22H24F3N7O2/c1-13-4-3-5-16(14(13)2)27-19(33)12-26-20(34)15-8-10-31(11-9-15)18-7-6-17-28-29-21(22(23,24)25)32(17)30-18/h3-7,15H,8-12H2,1-2H3,(H,26,34)(H,27,33). The van der Waals surface area contributed by atoms with Crippen molar-refractivity contribution in [1.29, 1.82) is 0 Å². The molecule has 0 unspecified atom stereocenters. The summed E-state index contributed by atoms with van der Waals surface area (Å²) in [6, 6.07) is 8.62. The van der Waals surface area contributed by atoms with Crippen molar-refractivity contribution in [3.63, 3.8) is 0 Å². The molecule has 3 aromatic rings. The molecule has 180 valence electrons.